The summed E-state index contributed by atoms with van der Waals surface area (Å²) in [5.41, 5.74) is 4.01. The van der Waals surface area contributed by atoms with Crippen molar-refractivity contribution >= 4 is 40.4 Å². The SMILES string of the molecule is COc1cc(/C=N\NC(=O)CNc2ccc3c(c2)OCO3)cc(I)c1OC. The molecular formula is C18H18IN3O5. The topological polar surface area (TPSA) is 90.4 Å². The van der Waals surface area contributed by atoms with Crippen molar-refractivity contribution in [2.24, 2.45) is 5.10 Å². The molecule has 3 rings (SSSR count). The van der Waals surface area contributed by atoms with Gasteiger partial charge >= 0.3 is 0 Å². The number of amides is 1. The van der Waals surface area contributed by atoms with Crippen LogP contribution in [0.5, 0.6) is 23.0 Å². The first-order chi connectivity index (χ1) is 13.1. The zero-order chi connectivity index (χ0) is 19.2. The number of methoxy groups -OCH3 is 2. The van der Waals surface area contributed by atoms with Crippen LogP contribution in [0.4, 0.5) is 5.69 Å². The second kappa shape index (κ2) is 8.80. The molecule has 0 aromatic heterocycles. The molecule has 1 amide bonds. The molecule has 1 heterocycles. The van der Waals surface area contributed by atoms with Crippen LogP contribution in [0.2, 0.25) is 0 Å². The van der Waals surface area contributed by atoms with Gasteiger partial charge in [0, 0.05) is 11.8 Å². The number of carbonyl (C=O) groups is 1. The van der Waals surface area contributed by atoms with Crippen LogP contribution in [-0.2, 0) is 4.79 Å². The second-order valence-corrected chi connectivity index (χ2v) is 6.62. The van der Waals surface area contributed by atoms with Crippen molar-refractivity contribution < 1.29 is 23.7 Å². The minimum atomic E-state index is -0.279. The summed E-state index contributed by atoms with van der Waals surface area (Å²) >= 11 is 2.15. The molecule has 0 radical (unpaired) electrons. The van der Waals surface area contributed by atoms with E-state index in [1.165, 1.54) is 0 Å². The van der Waals surface area contributed by atoms with E-state index < -0.39 is 0 Å². The maximum atomic E-state index is 11.9. The van der Waals surface area contributed by atoms with Crippen molar-refractivity contribution in [2.45, 2.75) is 0 Å². The molecular weight excluding hydrogens is 465 g/mol. The lowest BCUT2D eigenvalue weighted by atomic mass is 10.2. The van der Waals surface area contributed by atoms with Crippen molar-refractivity contribution in [1.82, 2.24) is 5.43 Å². The molecule has 0 fully saturated rings. The van der Waals surface area contributed by atoms with E-state index in [1.807, 2.05) is 12.1 Å². The van der Waals surface area contributed by atoms with Crippen molar-refractivity contribution in [3.8, 4) is 23.0 Å². The highest BCUT2D eigenvalue weighted by Crippen LogP contribution is 2.34. The summed E-state index contributed by atoms with van der Waals surface area (Å²) in [6.07, 6.45) is 1.54. The molecule has 0 bridgehead atoms. The third kappa shape index (κ3) is 4.73. The number of halogens is 1. The van der Waals surface area contributed by atoms with Crippen molar-refractivity contribution in [1.29, 1.82) is 0 Å². The fraction of sp³-hybridized carbons (Fsp3) is 0.222. The fourth-order valence-electron chi connectivity index (χ4n) is 2.42. The number of benzene rings is 2. The molecule has 27 heavy (non-hydrogen) atoms. The van der Waals surface area contributed by atoms with Crippen molar-refractivity contribution in [3.63, 3.8) is 0 Å². The van der Waals surface area contributed by atoms with Crippen LogP contribution in [0, 0.1) is 3.57 Å². The molecule has 0 atom stereocenters. The van der Waals surface area contributed by atoms with Crippen LogP contribution in [0.25, 0.3) is 0 Å². The van der Waals surface area contributed by atoms with Crippen LogP contribution in [0.15, 0.2) is 35.4 Å². The van der Waals surface area contributed by atoms with Gasteiger partial charge in [0.15, 0.2) is 23.0 Å². The molecule has 2 aromatic rings. The highest BCUT2D eigenvalue weighted by atomic mass is 127. The van der Waals surface area contributed by atoms with Gasteiger partial charge in [0.25, 0.3) is 5.91 Å². The van der Waals surface area contributed by atoms with Gasteiger partial charge in [-0.25, -0.2) is 5.43 Å². The number of hydrogen-bond acceptors (Lipinski definition) is 7. The first-order valence-electron chi connectivity index (χ1n) is 7.97. The Labute approximate surface area is 170 Å². The van der Waals surface area contributed by atoms with Gasteiger partial charge in [-0.05, 0) is 52.4 Å². The maximum Gasteiger partial charge on any atom is 0.259 e. The summed E-state index contributed by atoms with van der Waals surface area (Å²) in [7, 11) is 3.15. The van der Waals surface area contributed by atoms with Crippen molar-refractivity contribution in [3.05, 3.63) is 39.5 Å². The number of rotatable bonds is 7. The van der Waals surface area contributed by atoms with Gasteiger partial charge in [-0.2, -0.15) is 5.10 Å². The van der Waals surface area contributed by atoms with E-state index in [0.717, 1.165) is 14.8 Å². The highest BCUT2D eigenvalue weighted by Gasteiger charge is 2.13. The molecule has 0 saturated heterocycles. The van der Waals surface area contributed by atoms with Gasteiger partial charge in [-0.3, -0.25) is 4.79 Å². The Morgan fingerprint density at radius 1 is 1.22 bits per heavy atom. The number of carbonyl (C=O) groups excluding carboxylic acids is 1. The van der Waals surface area contributed by atoms with Crippen LogP contribution >= 0.6 is 22.6 Å². The zero-order valence-electron chi connectivity index (χ0n) is 14.7. The predicted molar refractivity (Wildman–Crippen MR) is 109 cm³/mol. The highest BCUT2D eigenvalue weighted by molar-refractivity contribution is 14.1. The summed E-state index contributed by atoms with van der Waals surface area (Å²) in [6, 6.07) is 9.05. The number of ether oxygens (including phenoxy) is 4. The van der Waals surface area contributed by atoms with Gasteiger partial charge in [-0.15, -0.1) is 0 Å². The molecule has 0 aliphatic carbocycles. The van der Waals surface area contributed by atoms with Gasteiger partial charge < -0.3 is 24.3 Å². The number of hydrazone groups is 1. The molecule has 142 valence electrons. The number of anilines is 1. The standard InChI is InChI=1S/C18H18IN3O5/c1-24-16-6-11(5-13(19)18(16)25-2)8-21-22-17(23)9-20-12-3-4-14-15(7-12)27-10-26-14/h3-8,20H,9-10H2,1-2H3,(H,22,23)/b21-8-. The van der Waals surface area contributed by atoms with Gasteiger partial charge in [0.2, 0.25) is 6.79 Å². The summed E-state index contributed by atoms with van der Waals surface area (Å²) in [5.74, 6) is 2.33. The smallest absolute Gasteiger partial charge is 0.259 e. The van der Waals surface area contributed by atoms with E-state index in [1.54, 1.807) is 38.6 Å². The van der Waals surface area contributed by atoms with E-state index in [9.17, 15) is 4.79 Å². The summed E-state index contributed by atoms with van der Waals surface area (Å²) in [4.78, 5) is 11.9. The third-order valence-electron chi connectivity index (χ3n) is 3.68. The molecule has 0 saturated carbocycles. The summed E-state index contributed by atoms with van der Waals surface area (Å²) < 4.78 is 22.0. The van der Waals surface area contributed by atoms with Crippen LogP contribution in [0.1, 0.15) is 5.56 Å². The normalized spacial score (nSPS) is 12.1. The van der Waals surface area contributed by atoms with Gasteiger partial charge in [0.1, 0.15) is 0 Å². The monoisotopic (exact) mass is 483 g/mol. The van der Waals surface area contributed by atoms with Crippen LogP contribution in [-0.4, -0.2) is 39.7 Å². The zero-order valence-corrected chi connectivity index (χ0v) is 16.9. The Morgan fingerprint density at radius 2 is 2.04 bits per heavy atom. The largest absolute Gasteiger partial charge is 0.493 e. The average molecular weight is 483 g/mol. The van der Waals surface area contributed by atoms with Crippen LogP contribution < -0.4 is 29.7 Å². The lowest BCUT2D eigenvalue weighted by Crippen LogP contribution is -2.25. The number of nitrogens with zero attached hydrogens (tertiary/aromatic N) is 1. The molecule has 9 heteroatoms. The van der Waals surface area contributed by atoms with Crippen LogP contribution in [0.3, 0.4) is 0 Å². The minimum absolute atomic E-state index is 0.0699. The van der Waals surface area contributed by atoms with Gasteiger partial charge in [0.05, 0.1) is 30.5 Å². The maximum absolute atomic E-state index is 11.9. The quantitative estimate of drug-likeness (QED) is 0.358. The average Bonchev–Trinajstić information content (AvgIpc) is 3.13. The summed E-state index contributed by atoms with van der Waals surface area (Å²) in [5, 5.41) is 6.98. The molecule has 1 aliphatic heterocycles. The first kappa shape index (κ1) is 19.1. The van der Waals surface area contributed by atoms with E-state index in [2.05, 4.69) is 38.4 Å². The van der Waals surface area contributed by atoms with E-state index in [4.69, 9.17) is 18.9 Å². The molecule has 8 nitrogen and oxygen atoms in total. The summed E-state index contributed by atoms with van der Waals surface area (Å²) in [6.45, 7) is 0.281. The third-order valence-corrected chi connectivity index (χ3v) is 4.49. The molecule has 2 N–H and O–H groups in total. The lowest BCUT2D eigenvalue weighted by Gasteiger charge is -2.10. The predicted octanol–water partition coefficient (Wildman–Crippen LogP) is 2.60. The van der Waals surface area contributed by atoms with E-state index in [-0.39, 0.29) is 19.2 Å². The van der Waals surface area contributed by atoms with E-state index in [0.29, 0.717) is 23.0 Å². The second-order valence-electron chi connectivity index (χ2n) is 5.45. The number of nitrogens with one attached hydrogen (secondary N) is 2. The molecule has 2 aromatic carbocycles. The number of fused-ring (bicyclic) bond motifs is 1. The van der Waals surface area contributed by atoms with E-state index >= 15 is 0 Å². The Bertz CT molecular complexity index is 872. The Kier molecular flexibility index (Phi) is 6.22. The first-order valence-corrected chi connectivity index (χ1v) is 9.05. The minimum Gasteiger partial charge on any atom is -0.493 e. The fourth-order valence-corrected chi connectivity index (χ4v) is 3.27. The molecule has 1 aliphatic rings. The Hall–Kier alpha value is -2.69. The lowest BCUT2D eigenvalue weighted by molar-refractivity contribution is -0.119. The molecule has 0 spiro atoms. The Morgan fingerprint density at radius 3 is 2.81 bits per heavy atom. The molecule has 0 unspecified atom stereocenters. The van der Waals surface area contributed by atoms with Gasteiger partial charge in [-0.1, -0.05) is 0 Å². The van der Waals surface area contributed by atoms with Crippen molar-refractivity contribution in [2.75, 3.05) is 32.9 Å². The Balaban J connectivity index is 1.54. The number of hydrogen-bond donors (Lipinski definition) is 2.